The quantitative estimate of drug-likeness (QED) is 0.585. The van der Waals surface area contributed by atoms with Gasteiger partial charge in [0.25, 0.3) is 0 Å². The van der Waals surface area contributed by atoms with Gasteiger partial charge in [0.15, 0.2) is 0 Å². The van der Waals surface area contributed by atoms with Gasteiger partial charge in [-0.2, -0.15) is 4.72 Å². The number of unbranched alkanes of at least 4 members (excludes halogenated alkanes) is 1. The number of rotatable bonds is 9. The van der Waals surface area contributed by atoms with Crippen LogP contribution in [0.3, 0.4) is 0 Å². The van der Waals surface area contributed by atoms with Crippen LogP contribution in [0.5, 0.6) is 0 Å². The van der Waals surface area contributed by atoms with Gasteiger partial charge in [-0.15, -0.1) is 0 Å². The van der Waals surface area contributed by atoms with Gasteiger partial charge in [0.05, 0.1) is 9.79 Å². The summed E-state index contributed by atoms with van der Waals surface area (Å²) < 4.78 is 52.2. The number of carbonyl (C=O) groups is 1. The maximum Gasteiger partial charge on any atom is 0.321 e. The average Bonchev–Trinajstić information content (AvgIpc) is 2.51. The highest BCUT2D eigenvalue weighted by molar-refractivity contribution is 7.90. The molecule has 0 unspecified atom stereocenters. The molecule has 23 heavy (non-hydrogen) atoms. The zero-order chi connectivity index (χ0) is 17.7. The summed E-state index contributed by atoms with van der Waals surface area (Å²) in [6.07, 6.45) is 1.43. The van der Waals surface area contributed by atoms with E-state index in [2.05, 4.69) is 9.44 Å². The molecule has 0 aliphatic rings. The molecule has 0 heterocycles. The van der Waals surface area contributed by atoms with Crippen LogP contribution in [-0.2, 0) is 24.8 Å². The van der Waals surface area contributed by atoms with Crippen LogP contribution in [0.2, 0.25) is 0 Å². The third-order valence-electron chi connectivity index (χ3n) is 3.14. The van der Waals surface area contributed by atoms with E-state index in [1.807, 2.05) is 6.92 Å². The van der Waals surface area contributed by atoms with Crippen LogP contribution < -0.4 is 9.44 Å². The number of benzene rings is 1. The molecular formula is C13H20N2O6S2. The monoisotopic (exact) mass is 364 g/mol. The first-order valence-electron chi connectivity index (χ1n) is 6.92. The molecule has 0 aliphatic carbocycles. The fourth-order valence-corrected chi connectivity index (χ4v) is 3.94. The van der Waals surface area contributed by atoms with Crippen molar-refractivity contribution in [2.75, 3.05) is 7.05 Å². The van der Waals surface area contributed by atoms with E-state index in [4.69, 9.17) is 5.11 Å². The maximum absolute atomic E-state index is 12.3. The number of hydrogen-bond donors (Lipinski definition) is 3. The number of sulfonamides is 2. The van der Waals surface area contributed by atoms with Crippen LogP contribution in [0.15, 0.2) is 34.1 Å². The van der Waals surface area contributed by atoms with E-state index in [-0.39, 0.29) is 16.2 Å². The van der Waals surface area contributed by atoms with Crippen LogP contribution in [0.4, 0.5) is 0 Å². The summed E-state index contributed by atoms with van der Waals surface area (Å²) in [5, 5.41) is 9.10. The summed E-state index contributed by atoms with van der Waals surface area (Å²) in [7, 11) is -6.74. The molecule has 0 aromatic heterocycles. The molecular weight excluding hydrogens is 344 g/mol. The third-order valence-corrected chi connectivity index (χ3v) is 6.02. The molecule has 1 aromatic rings. The molecule has 1 rings (SSSR count). The number of aliphatic carboxylic acids is 1. The first-order valence-corrected chi connectivity index (χ1v) is 9.89. The molecule has 10 heteroatoms. The normalized spacial score (nSPS) is 13.7. The molecule has 0 bridgehead atoms. The Morgan fingerprint density at radius 2 is 1.74 bits per heavy atom. The van der Waals surface area contributed by atoms with Crippen LogP contribution in [0.25, 0.3) is 0 Å². The summed E-state index contributed by atoms with van der Waals surface area (Å²) in [4.78, 5) is 10.6. The molecule has 1 aromatic carbocycles. The Kier molecular flexibility index (Phi) is 6.69. The summed E-state index contributed by atoms with van der Waals surface area (Å²) in [5.74, 6) is -1.28. The van der Waals surface area contributed by atoms with Crippen LogP contribution in [0, 0.1) is 0 Å². The van der Waals surface area contributed by atoms with Crippen molar-refractivity contribution in [2.45, 2.75) is 42.0 Å². The second kappa shape index (κ2) is 7.86. The summed E-state index contributed by atoms with van der Waals surface area (Å²) in [5.41, 5.74) is 0. The van der Waals surface area contributed by atoms with Crippen molar-refractivity contribution in [3.8, 4) is 0 Å². The van der Waals surface area contributed by atoms with E-state index >= 15 is 0 Å². The Hall–Kier alpha value is -1.49. The number of carboxylic acid groups (broad SMARTS) is 1. The van der Waals surface area contributed by atoms with Gasteiger partial charge in [-0.1, -0.05) is 25.8 Å². The van der Waals surface area contributed by atoms with Crippen LogP contribution in [-0.4, -0.2) is 41.0 Å². The Bertz CT molecular complexity index is 758. The van der Waals surface area contributed by atoms with Crippen molar-refractivity contribution in [3.63, 3.8) is 0 Å². The van der Waals surface area contributed by atoms with Crippen molar-refractivity contribution in [2.24, 2.45) is 0 Å². The molecule has 0 saturated heterocycles. The summed E-state index contributed by atoms with van der Waals surface area (Å²) in [6, 6.07) is 3.45. The van der Waals surface area contributed by atoms with Gasteiger partial charge in [0.1, 0.15) is 6.04 Å². The predicted molar refractivity (Wildman–Crippen MR) is 84.0 cm³/mol. The van der Waals surface area contributed by atoms with E-state index in [0.29, 0.717) is 6.42 Å². The summed E-state index contributed by atoms with van der Waals surface area (Å²) in [6.45, 7) is 1.86. The van der Waals surface area contributed by atoms with Gasteiger partial charge in [-0.25, -0.2) is 21.6 Å². The molecule has 0 saturated carbocycles. The minimum absolute atomic E-state index is 0.152. The lowest BCUT2D eigenvalue weighted by Crippen LogP contribution is -2.40. The Morgan fingerprint density at radius 1 is 1.17 bits per heavy atom. The Balaban J connectivity index is 3.13. The highest BCUT2D eigenvalue weighted by atomic mass is 32.2. The zero-order valence-corrected chi connectivity index (χ0v) is 14.4. The lowest BCUT2D eigenvalue weighted by atomic mass is 10.1. The molecule has 0 spiro atoms. The average molecular weight is 364 g/mol. The highest BCUT2D eigenvalue weighted by Gasteiger charge is 2.26. The highest BCUT2D eigenvalue weighted by Crippen LogP contribution is 2.16. The van der Waals surface area contributed by atoms with E-state index in [1.54, 1.807) is 0 Å². The molecule has 3 N–H and O–H groups in total. The minimum Gasteiger partial charge on any atom is -0.480 e. The van der Waals surface area contributed by atoms with Crippen molar-refractivity contribution in [1.82, 2.24) is 9.44 Å². The van der Waals surface area contributed by atoms with Gasteiger partial charge in [0.2, 0.25) is 20.0 Å². The van der Waals surface area contributed by atoms with Crippen LogP contribution in [0.1, 0.15) is 26.2 Å². The first-order chi connectivity index (χ1) is 10.6. The van der Waals surface area contributed by atoms with Crippen molar-refractivity contribution >= 4 is 26.0 Å². The lowest BCUT2D eigenvalue weighted by Gasteiger charge is -2.15. The van der Waals surface area contributed by atoms with Crippen molar-refractivity contribution in [1.29, 1.82) is 0 Å². The first kappa shape index (κ1) is 19.6. The SMILES string of the molecule is CCCC[C@H](NS(=O)(=O)c1cccc(S(=O)(=O)NC)c1)C(=O)O. The number of nitrogens with one attached hydrogen (secondary N) is 2. The minimum atomic E-state index is -4.15. The Labute approximate surface area is 136 Å². The molecule has 0 radical (unpaired) electrons. The third kappa shape index (κ3) is 5.27. The topological polar surface area (TPSA) is 130 Å². The van der Waals surface area contributed by atoms with Crippen molar-refractivity contribution in [3.05, 3.63) is 24.3 Å². The van der Waals surface area contributed by atoms with Gasteiger partial charge < -0.3 is 5.11 Å². The fraction of sp³-hybridized carbons (Fsp3) is 0.462. The largest absolute Gasteiger partial charge is 0.480 e. The fourth-order valence-electron chi connectivity index (χ4n) is 1.82. The van der Waals surface area contributed by atoms with Crippen molar-refractivity contribution < 1.29 is 26.7 Å². The zero-order valence-electron chi connectivity index (χ0n) is 12.8. The van der Waals surface area contributed by atoms with Gasteiger partial charge in [-0.3, -0.25) is 4.79 Å². The molecule has 1 atom stereocenters. The molecule has 0 fully saturated rings. The molecule has 0 amide bonds. The van der Waals surface area contributed by atoms with E-state index < -0.39 is 32.1 Å². The molecule has 0 aliphatic heterocycles. The van der Waals surface area contributed by atoms with E-state index in [1.165, 1.54) is 25.2 Å². The second-order valence-corrected chi connectivity index (χ2v) is 8.44. The molecule has 8 nitrogen and oxygen atoms in total. The van der Waals surface area contributed by atoms with E-state index in [0.717, 1.165) is 12.5 Å². The van der Waals surface area contributed by atoms with E-state index in [9.17, 15) is 21.6 Å². The Morgan fingerprint density at radius 3 is 2.22 bits per heavy atom. The van der Waals surface area contributed by atoms with Crippen LogP contribution >= 0.6 is 0 Å². The molecule has 130 valence electrons. The standard InChI is InChI=1S/C13H20N2O6S2/c1-3-4-8-12(13(16)17)15-23(20,21)11-7-5-6-10(9-11)22(18,19)14-2/h5-7,9,12,14-15H,3-4,8H2,1-2H3,(H,16,17)/t12-/m0/s1. The number of hydrogen-bond acceptors (Lipinski definition) is 5. The second-order valence-electron chi connectivity index (χ2n) is 4.84. The van der Waals surface area contributed by atoms with Gasteiger partial charge in [0, 0.05) is 0 Å². The lowest BCUT2D eigenvalue weighted by molar-refractivity contribution is -0.139. The number of carboxylic acids is 1. The smallest absolute Gasteiger partial charge is 0.321 e. The summed E-state index contributed by atoms with van der Waals surface area (Å²) >= 11 is 0. The van der Waals surface area contributed by atoms with Gasteiger partial charge in [-0.05, 0) is 31.7 Å². The van der Waals surface area contributed by atoms with Gasteiger partial charge >= 0.3 is 5.97 Å². The maximum atomic E-state index is 12.3. The predicted octanol–water partition coefficient (Wildman–Crippen LogP) is 0.516.